The molecule has 2 N–H and O–H groups in total. The Bertz CT molecular complexity index is 1910. The lowest BCUT2D eigenvalue weighted by molar-refractivity contribution is -0.384. The van der Waals surface area contributed by atoms with E-state index in [2.05, 4.69) is 26.5 Å². The van der Waals surface area contributed by atoms with Crippen LogP contribution in [0.25, 0.3) is 0 Å². The molecule has 2 aliphatic carbocycles. The number of rotatable bonds is 29. The summed E-state index contributed by atoms with van der Waals surface area (Å²) in [6.07, 6.45) is 22.7. The third-order valence-electron chi connectivity index (χ3n) is 14.0. The molecule has 7 unspecified atom stereocenters. The van der Waals surface area contributed by atoms with E-state index in [1.54, 1.807) is 18.2 Å². The van der Waals surface area contributed by atoms with Gasteiger partial charge in [-0.15, -0.1) is 6.58 Å². The summed E-state index contributed by atoms with van der Waals surface area (Å²) in [4.78, 5) is 34.4. The molecule has 0 spiro atoms. The number of nitrogens with zero attached hydrogens (tertiary/aromatic N) is 3. The molecule has 1 saturated carbocycles. The van der Waals surface area contributed by atoms with Gasteiger partial charge in [-0.1, -0.05) is 101 Å². The van der Waals surface area contributed by atoms with Crippen molar-refractivity contribution >= 4 is 17.3 Å². The van der Waals surface area contributed by atoms with Crippen LogP contribution in [0.3, 0.4) is 0 Å². The maximum atomic E-state index is 14.8. The number of nitro benzene ring substituents is 1. The van der Waals surface area contributed by atoms with Gasteiger partial charge in [-0.05, 0) is 93.0 Å². The lowest BCUT2D eigenvalue weighted by Crippen LogP contribution is -2.70. The number of ether oxygens (including phenoxy) is 4. The molecule has 6 rings (SSSR count). The van der Waals surface area contributed by atoms with Gasteiger partial charge in [-0.3, -0.25) is 14.9 Å². The summed E-state index contributed by atoms with van der Waals surface area (Å²) in [6.45, 7) is 9.88. The molecule has 0 aromatic heterocycles. The van der Waals surface area contributed by atoms with Gasteiger partial charge in [-0.2, -0.15) is 0 Å². The third kappa shape index (κ3) is 13.0. The van der Waals surface area contributed by atoms with E-state index in [-0.39, 0.29) is 49.2 Å². The molecular formula is C53H77N3O10. The van der Waals surface area contributed by atoms with Gasteiger partial charge >= 0.3 is 0 Å². The van der Waals surface area contributed by atoms with Crippen molar-refractivity contribution in [3.05, 3.63) is 82.4 Å². The highest BCUT2D eigenvalue weighted by molar-refractivity contribution is 6.03. The highest BCUT2D eigenvalue weighted by Crippen LogP contribution is 2.62. The van der Waals surface area contributed by atoms with Crippen molar-refractivity contribution in [2.45, 2.75) is 173 Å². The molecule has 2 aliphatic heterocycles. The van der Waals surface area contributed by atoms with Crippen molar-refractivity contribution in [1.82, 2.24) is 4.90 Å². The van der Waals surface area contributed by atoms with E-state index >= 15 is 0 Å². The number of oxime groups is 1. The molecule has 2 aromatic rings. The number of fused-ring (bicyclic) bond motifs is 2. The van der Waals surface area contributed by atoms with Crippen LogP contribution < -0.4 is 9.47 Å². The van der Waals surface area contributed by atoms with Crippen LogP contribution in [0.4, 0.5) is 5.69 Å². The summed E-state index contributed by atoms with van der Waals surface area (Å²) < 4.78 is 27.0. The number of aliphatic hydroxyl groups is 2. The Balaban J connectivity index is 1.47. The molecule has 13 nitrogen and oxygen atoms in total. The van der Waals surface area contributed by atoms with Gasteiger partial charge in [0.25, 0.3) is 5.69 Å². The first kappa shape index (κ1) is 51.1. The molecule has 7 atom stereocenters. The van der Waals surface area contributed by atoms with Crippen molar-refractivity contribution < 1.29 is 43.7 Å². The highest BCUT2D eigenvalue weighted by Gasteiger charge is 2.65. The summed E-state index contributed by atoms with van der Waals surface area (Å²) in [6, 6.07) is 11.3. The molecule has 2 aromatic carbocycles. The van der Waals surface area contributed by atoms with E-state index in [9.17, 15) is 25.1 Å². The lowest BCUT2D eigenvalue weighted by atomic mass is 9.55. The van der Waals surface area contributed by atoms with E-state index in [1.165, 1.54) is 50.7 Å². The number of carbonyl (C=O) groups is 1. The first-order valence-corrected chi connectivity index (χ1v) is 25.4. The van der Waals surface area contributed by atoms with Crippen molar-refractivity contribution in [3.8, 4) is 17.2 Å². The Hall–Kier alpha value is -4.30. The largest absolute Gasteiger partial charge is 0.459 e. The number of non-ortho nitro benzene ring substituents is 1. The molecular weight excluding hydrogens is 839 g/mol. The topological polar surface area (TPSA) is 162 Å². The number of allylic oxidation sites excluding steroid dienone is 1. The number of nitro groups is 1. The van der Waals surface area contributed by atoms with Crippen LogP contribution >= 0.6 is 0 Å². The standard InChI is InChI=1S/C53H77N3O10/c1-4-7-8-9-10-11-12-13-14-26-49(59)55(30-5-2)48-38-46(54-66-50-27-17-20-34-62-50)44-35-39(22-15-18-31-57)43(25-16-19-32-58)51-45-37-42(64-41-24-21-23-40(36-41)56(60)61)28-29-47(45)65-53(48,52(44)51)63-33-6-3/h6,21,23-24,28-29,35-37,39,43,48,50-52,57-58H,3-5,7-20,22,25-27,30-34,38H2,1-2H3. The summed E-state index contributed by atoms with van der Waals surface area (Å²) in [5.41, 5.74) is 2.55. The van der Waals surface area contributed by atoms with Crippen molar-refractivity contribution in [2.75, 3.05) is 33.0 Å². The number of amides is 1. The molecule has 1 saturated heterocycles. The highest BCUT2D eigenvalue weighted by atomic mass is 16.8. The molecule has 4 aliphatic rings. The van der Waals surface area contributed by atoms with Gasteiger partial charge in [-0.25, -0.2) is 0 Å². The molecule has 1 amide bonds. The lowest BCUT2D eigenvalue weighted by Gasteiger charge is -2.60. The second-order valence-electron chi connectivity index (χ2n) is 18.7. The van der Waals surface area contributed by atoms with Crippen molar-refractivity contribution in [3.63, 3.8) is 0 Å². The predicted octanol–water partition coefficient (Wildman–Crippen LogP) is 11.7. The van der Waals surface area contributed by atoms with Gasteiger partial charge in [0.05, 0.1) is 35.8 Å². The Morgan fingerprint density at radius 2 is 1.68 bits per heavy atom. The molecule has 2 fully saturated rings. The van der Waals surface area contributed by atoms with Crippen LogP contribution in [0.1, 0.15) is 160 Å². The van der Waals surface area contributed by atoms with Gasteiger partial charge in [0.15, 0.2) is 0 Å². The van der Waals surface area contributed by atoms with Gasteiger partial charge < -0.3 is 38.9 Å². The summed E-state index contributed by atoms with van der Waals surface area (Å²) in [5.74, 6) is -0.427. The number of unbranched alkanes of at least 4 members (excludes halogenated alkanes) is 10. The maximum Gasteiger partial charge on any atom is 0.273 e. The monoisotopic (exact) mass is 916 g/mol. The molecule has 13 heteroatoms. The maximum absolute atomic E-state index is 14.8. The molecule has 364 valence electrons. The molecule has 0 bridgehead atoms. The average Bonchev–Trinajstić information content (AvgIpc) is 3.33. The number of aliphatic hydroxyl groups excluding tert-OH is 2. The van der Waals surface area contributed by atoms with Crippen LogP contribution in [0.2, 0.25) is 0 Å². The second-order valence-corrected chi connectivity index (χ2v) is 18.7. The van der Waals surface area contributed by atoms with Crippen LogP contribution in [0, 0.1) is 27.9 Å². The van der Waals surface area contributed by atoms with E-state index in [4.69, 9.17) is 28.9 Å². The number of benzene rings is 2. The third-order valence-corrected chi connectivity index (χ3v) is 14.0. The summed E-state index contributed by atoms with van der Waals surface area (Å²) >= 11 is 0. The second kappa shape index (κ2) is 26.3. The Morgan fingerprint density at radius 3 is 2.38 bits per heavy atom. The minimum Gasteiger partial charge on any atom is -0.459 e. The zero-order valence-corrected chi connectivity index (χ0v) is 39.8. The van der Waals surface area contributed by atoms with E-state index in [0.717, 1.165) is 87.5 Å². The average molecular weight is 916 g/mol. The van der Waals surface area contributed by atoms with E-state index in [0.29, 0.717) is 56.1 Å². The van der Waals surface area contributed by atoms with Gasteiger partial charge in [0.1, 0.15) is 23.3 Å². The quantitative estimate of drug-likeness (QED) is 0.0348. The van der Waals surface area contributed by atoms with Crippen LogP contribution in [0.15, 0.2) is 71.9 Å². The number of hydrogen-bond acceptors (Lipinski definition) is 11. The first-order chi connectivity index (χ1) is 32.3. The summed E-state index contributed by atoms with van der Waals surface area (Å²) in [5, 5.41) is 36.7. The number of hydrogen-bond donors (Lipinski definition) is 2. The zero-order chi connectivity index (χ0) is 46.7. The van der Waals surface area contributed by atoms with Crippen LogP contribution in [0.5, 0.6) is 17.2 Å². The van der Waals surface area contributed by atoms with Crippen LogP contribution in [-0.2, 0) is 19.1 Å². The predicted molar refractivity (Wildman–Crippen MR) is 257 cm³/mol. The van der Waals surface area contributed by atoms with Crippen molar-refractivity contribution in [2.24, 2.45) is 22.9 Å². The first-order valence-electron chi connectivity index (χ1n) is 25.4. The fourth-order valence-corrected chi connectivity index (χ4v) is 10.9. The SMILES string of the molecule is C=CCOC12Oc3ccc(Oc4cccc([N+](=O)[O-])c4)cc3C3C(CCCCO)C(CCCCO)C=C(C(=NOC4CCCCO4)CC1N(CCC)C(=O)CCCCCCCCCCC)C32. The Morgan fingerprint density at radius 1 is 0.939 bits per heavy atom. The van der Waals surface area contributed by atoms with Gasteiger partial charge in [0.2, 0.25) is 18.0 Å². The minimum absolute atomic E-state index is 0.0336. The van der Waals surface area contributed by atoms with Crippen LogP contribution in [-0.4, -0.2) is 82.7 Å². The molecule has 0 radical (unpaired) electrons. The smallest absolute Gasteiger partial charge is 0.273 e. The van der Waals surface area contributed by atoms with E-state index in [1.807, 2.05) is 23.1 Å². The fourth-order valence-electron chi connectivity index (χ4n) is 10.9. The number of carbonyl (C=O) groups excluding carboxylic acids is 1. The summed E-state index contributed by atoms with van der Waals surface area (Å²) in [7, 11) is 0. The zero-order valence-electron chi connectivity index (χ0n) is 39.8. The normalized spacial score (nSPS) is 25.0. The molecule has 2 heterocycles. The Kier molecular flexibility index (Phi) is 20.4. The van der Waals surface area contributed by atoms with Crippen molar-refractivity contribution in [1.29, 1.82) is 0 Å². The Labute approximate surface area is 393 Å². The minimum atomic E-state index is -1.35. The van der Waals surface area contributed by atoms with E-state index < -0.39 is 29.0 Å². The van der Waals surface area contributed by atoms with Gasteiger partial charge in [0, 0.05) is 56.6 Å². The fraction of sp³-hybridized carbons (Fsp3) is 0.660. The molecule has 66 heavy (non-hydrogen) atoms.